The molecule has 3 heteroatoms. The van der Waals surface area contributed by atoms with Crippen molar-refractivity contribution in [1.29, 1.82) is 0 Å². The lowest BCUT2D eigenvalue weighted by atomic mass is 10.1. The molecule has 0 atom stereocenters. The summed E-state index contributed by atoms with van der Waals surface area (Å²) in [5.74, 6) is 0.0458. The first-order valence-corrected chi connectivity index (χ1v) is 4.53. The second-order valence-electron chi connectivity index (χ2n) is 3.35. The van der Waals surface area contributed by atoms with Gasteiger partial charge in [0.15, 0.2) is 5.78 Å². The minimum atomic E-state index is 0.0458. The molecule has 0 unspecified atom stereocenters. The second-order valence-corrected chi connectivity index (χ2v) is 3.35. The minimum Gasteiger partial charge on any atom is -0.356 e. The average molecular weight is 188 g/mol. The summed E-state index contributed by atoms with van der Waals surface area (Å²) in [7, 11) is 0. The van der Waals surface area contributed by atoms with Gasteiger partial charge in [-0.05, 0) is 19.1 Å². The topological polar surface area (TPSA) is 41.1 Å². The van der Waals surface area contributed by atoms with Gasteiger partial charge < -0.3 is 10.6 Å². The van der Waals surface area contributed by atoms with Gasteiger partial charge in [0.1, 0.15) is 5.70 Å². The summed E-state index contributed by atoms with van der Waals surface area (Å²) in [6.45, 7) is 3.45. The smallest absolute Gasteiger partial charge is 0.177 e. The van der Waals surface area contributed by atoms with E-state index in [0.717, 1.165) is 17.1 Å². The highest BCUT2D eigenvalue weighted by Crippen LogP contribution is 2.29. The predicted molar refractivity (Wildman–Crippen MR) is 57.1 cm³/mol. The SMILES string of the molecule is CC(=O)C1=C(C)Nc2ccccc2N1. The number of hydrogen-bond donors (Lipinski definition) is 2. The lowest BCUT2D eigenvalue weighted by Gasteiger charge is -2.22. The second kappa shape index (κ2) is 3.18. The van der Waals surface area contributed by atoms with Crippen LogP contribution >= 0.6 is 0 Å². The van der Waals surface area contributed by atoms with Crippen molar-refractivity contribution < 1.29 is 4.79 Å². The highest BCUT2D eigenvalue weighted by Gasteiger charge is 2.16. The number of carbonyl (C=O) groups excluding carboxylic acids is 1. The van der Waals surface area contributed by atoms with E-state index in [-0.39, 0.29) is 5.78 Å². The molecular weight excluding hydrogens is 176 g/mol. The van der Waals surface area contributed by atoms with Crippen LogP contribution in [-0.2, 0) is 4.79 Å². The van der Waals surface area contributed by atoms with E-state index < -0.39 is 0 Å². The van der Waals surface area contributed by atoms with Gasteiger partial charge in [0.25, 0.3) is 0 Å². The lowest BCUT2D eigenvalue weighted by molar-refractivity contribution is -0.113. The highest BCUT2D eigenvalue weighted by molar-refractivity contribution is 6.00. The van der Waals surface area contributed by atoms with Crippen molar-refractivity contribution in [3.63, 3.8) is 0 Å². The van der Waals surface area contributed by atoms with Crippen LogP contribution in [0.15, 0.2) is 35.7 Å². The number of ketones is 1. The monoisotopic (exact) mass is 188 g/mol. The van der Waals surface area contributed by atoms with Crippen LogP contribution in [0.25, 0.3) is 0 Å². The number of hydrogen-bond acceptors (Lipinski definition) is 3. The Bertz CT molecular complexity index is 421. The van der Waals surface area contributed by atoms with Crippen molar-refractivity contribution in [3.05, 3.63) is 35.7 Å². The molecule has 2 rings (SSSR count). The first-order valence-electron chi connectivity index (χ1n) is 4.53. The van der Waals surface area contributed by atoms with Crippen LogP contribution in [0.4, 0.5) is 11.4 Å². The van der Waals surface area contributed by atoms with Crippen LogP contribution in [0.5, 0.6) is 0 Å². The standard InChI is InChI=1S/C11H12N2O/c1-7-11(8(2)14)13-10-6-4-3-5-9(10)12-7/h3-6,12-13H,1-2H3. The molecule has 1 aliphatic rings. The summed E-state index contributed by atoms with van der Waals surface area (Å²) < 4.78 is 0. The molecule has 1 aliphatic heterocycles. The quantitative estimate of drug-likeness (QED) is 0.710. The summed E-state index contributed by atoms with van der Waals surface area (Å²) in [5, 5.41) is 6.30. The largest absolute Gasteiger partial charge is 0.356 e. The number of anilines is 2. The van der Waals surface area contributed by atoms with Gasteiger partial charge in [0.2, 0.25) is 0 Å². The van der Waals surface area contributed by atoms with Crippen LogP contribution in [0.3, 0.4) is 0 Å². The molecule has 1 aromatic carbocycles. The van der Waals surface area contributed by atoms with Crippen LogP contribution in [0.1, 0.15) is 13.8 Å². The fraction of sp³-hybridized carbons (Fsp3) is 0.182. The number of allylic oxidation sites excluding steroid dienone is 2. The van der Waals surface area contributed by atoms with Gasteiger partial charge >= 0.3 is 0 Å². The van der Waals surface area contributed by atoms with Crippen molar-refractivity contribution in [2.45, 2.75) is 13.8 Å². The molecule has 72 valence electrons. The van der Waals surface area contributed by atoms with Gasteiger partial charge in [-0.3, -0.25) is 4.79 Å². The summed E-state index contributed by atoms with van der Waals surface area (Å²) in [6, 6.07) is 7.81. The van der Waals surface area contributed by atoms with E-state index in [1.807, 2.05) is 31.2 Å². The Hall–Kier alpha value is -1.77. The molecule has 1 heterocycles. The molecule has 2 N–H and O–H groups in total. The molecule has 0 saturated heterocycles. The van der Waals surface area contributed by atoms with Gasteiger partial charge in [-0.2, -0.15) is 0 Å². The number of benzene rings is 1. The maximum atomic E-state index is 11.3. The number of fused-ring (bicyclic) bond motifs is 1. The number of para-hydroxylation sites is 2. The van der Waals surface area contributed by atoms with Gasteiger partial charge in [-0.15, -0.1) is 0 Å². The van der Waals surface area contributed by atoms with E-state index in [0.29, 0.717) is 5.70 Å². The zero-order chi connectivity index (χ0) is 10.1. The number of Topliss-reactive ketones (excluding diaryl/α,β-unsaturated/α-hetero) is 1. The van der Waals surface area contributed by atoms with Crippen molar-refractivity contribution in [2.24, 2.45) is 0 Å². The van der Waals surface area contributed by atoms with Gasteiger partial charge in [0, 0.05) is 12.6 Å². The molecule has 14 heavy (non-hydrogen) atoms. The Kier molecular flexibility index (Phi) is 2.00. The fourth-order valence-electron chi connectivity index (χ4n) is 1.55. The van der Waals surface area contributed by atoms with E-state index in [9.17, 15) is 4.79 Å². The van der Waals surface area contributed by atoms with Gasteiger partial charge in [-0.1, -0.05) is 12.1 Å². The van der Waals surface area contributed by atoms with Crippen LogP contribution in [0, 0.1) is 0 Å². The molecule has 0 radical (unpaired) electrons. The van der Waals surface area contributed by atoms with Crippen LogP contribution < -0.4 is 10.6 Å². The maximum absolute atomic E-state index is 11.3. The van der Waals surface area contributed by atoms with E-state index in [2.05, 4.69) is 10.6 Å². The Morgan fingerprint density at radius 2 is 1.71 bits per heavy atom. The highest BCUT2D eigenvalue weighted by atomic mass is 16.1. The van der Waals surface area contributed by atoms with Gasteiger partial charge in [-0.25, -0.2) is 0 Å². The zero-order valence-electron chi connectivity index (χ0n) is 8.22. The molecular formula is C11H12N2O. The maximum Gasteiger partial charge on any atom is 0.177 e. The first-order chi connectivity index (χ1) is 6.68. The Morgan fingerprint density at radius 1 is 1.14 bits per heavy atom. The summed E-state index contributed by atoms with van der Waals surface area (Å²) in [5.41, 5.74) is 3.47. The van der Waals surface area contributed by atoms with Crippen molar-refractivity contribution in [2.75, 3.05) is 10.6 Å². The third-order valence-corrected chi connectivity index (χ3v) is 2.24. The number of rotatable bonds is 1. The first kappa shape index (κ1) is 8.81. The molecule has 1 aromatic rings. The normalized spacial score (nSPS) is 14.1. The molecule has 0 fully saturated rings. The summed E-state index contributed by atoms with van der Waals surface area (Å²) in [6.07, 6.45) is 0. The van der Waals surface area contributed by atoms with Crippen molar-refractivity contribution in [1.82, 2.24) is 0 Å². The van der Waals surface area contributed by atoms with E-state index in [4.69, 9.17) is 0 Å². The number of carbonyl (C=O) groups is 1. The van der Waals surface area contributed by atoms with Crippen molar-refractivity contribution >= 4 is 17.2 Å². The minimum absolute atomic E-state index is 0.0458. The molecule has 0 bridgehead atoms. The third kappa shape index (κ3) is 1.37. The number of nitrogens with one attached hydrogen (secondary N) is 2. The van der Waals surface area contributed by atoms with E-state index in [1.54, 1.807) is 6.92 Å². The fourth-order valence-corrected chi connectivity index (χ4v) is 1.55. The summed E-state index contributed by atoms with van der Waals surface area (Å²) in [4.78, 5) is 11.3. The van der Waals surface area contributed by atoms with Gasteiger partial charge in [0.05, 0.1) is 11.4 Å². The Balaban J connectivity index is 2.41. The average Bonchev–Trinajstić information content (AvgIpc) is 2.16. The molecule has 0 saturated carbocycles. The zero-order valence-corrected chi connectivity index (χ0v) is 8.22. The van der Waals surface area contributed by atoms with Crippen molar-refractivity contribution in [3.8, 4) is 0 Å². The molecule has 0 aliphatic carbocycles. The lowest BCUT2D eigenvalue weighted by Crippen LogP contribution is -2.19. The third-order valence-electron chi connectivity index (χ3n) is 2.24. The van der Waals surface area contributed by atoms with E-state index in [1.165, 1.54) is 0 Å². The Morgan fingerprint density at radius 3 is 2.29 bits per heavy atom. The molecule has 0 spiro atoms. The van der Waals surface area contributed by atoms with E-state index >= 15 is 0 Å². The van der Waals surface area contributed by atoms with Crippen LogP contribution in [0.2, 0.25) is 0 Å². The molecule has 0 amide bonds. The Labute approximate surface area is 82.8 Å². The molecule has 0 aromatic heterocycles. The predicted octanol–water partition coefficient (Wildman–Crippen LogP) is 2.34. The van der Waals surface area contributed by atoms with Crippen LogP contribution in [-0.4, -0.2) is 5.78 Å². The molecule has 3 nitrogen and oxygen atoms in total. The summed E-state index contributed by atoms with van der Waals surface area (Å²) >= 11 is 0.